The Morgan fingerprint density at radius 3 is 2.16 bits per heavy atom. The van der Waals surface area contributed by atoms with Crippen molar-refractivity contribution in [3.05, 3.63) is 124 Å². The van der Waals surface area contributed by atoms with Crippen molar-refractivity contribution in [2.24, 2.45) is 5.73 Å². The van der Waals surface area contributed by atoms with E-state index in [-0.39, 0.29) is 94.9 Å². The Balaban J connectivity index is 1.06. The second kappa shape index (κ2) is 27.0. The van der Waals surface area contributed by atoms with Crippen LogP contribution in [0.5, 0.6) is 5.75 Å². The molecule has 0 saturated carbocycles. The molecule has 8 aromatic rings. The highest BCUT2D eigenvalue weighted by molar-refractivity contribution is 7.14. The largest absolute Gasteiger partial charge is 0.506 e. The average molecular weight is 1390 g/mol. The quantitative estimate of drug-likeness (QED) is 0.0672. The molecule has 1 fully saturated rings. The molecule has 7 aromatic heterocycles. The van der Waals surface area contributed by atoms with Gasteiger partial charge in [0.25, 0.3) is 29.5 Å². The van der Waals surface area contributed by atoms with E-state index in [1.54, 1.807) is 72.3 Å². The number of aromatic hydroxyl groups is 1. The molecule has 0 radical (unpaired) electrons. The van der Waals surface area contributed by atoms with Gasteiger partial charge in [-0.05, 0) is 78.9 Å². The number of aromatic amines is 1. The SMILES string of the molecule is C=C(NC(=O)c1csc(-c2nc3c(cc2O)-c2nc(cs2)C(=O)NC(C(C)O)C(=O)NC(=CC)c2nc(cs2)C(=O)NC2CC(OC4(C)CC(C)(O)C(N(C)C)C(C)O4)C(=O)OCc4cccc5[nH]c(c(C)c45)C(=O)OCC(NC(=O)c4csc2n4)c2nc-3cs2)n1)C(N)=O. The number of hydrogen-bond donors (Lipinski definition) is 10. The molecule has 6 amide bonds. The van der Waals surface area contributed by atoms with E-state index in [1.165, 1.54) is 40.6 Å². The average Bonchev–Trinajstić information content (AvgIpc) is 1.77. The molecule has 496 valence electrons. The van der Waals surface area contributed by atoms with Crippen LogP contribution in [0.2, 0.25) is 0 Å². The first-order valence-corrected chi connectivity index (χ1v) is 33.6. The number of rotatable bonds is 8. The number of carbonyl (C=O) groups excluding carboxylic acids is 8. The van der Waals surface area contributed by atoms with Gasteiger partial charge in [-0.3, -0.25) is 28.8 Å². The number of amides is 6. The van der Waals surface area contributed by atoms with Gasteiger partial charge in [0, 0.05) is 56.2 Å². The summed E-state index contributed by atoms with van der Waals surface area (Å²) in [6, 6.07) is 1.77. The van der Waals surface area contributed by atoms with Crippen LogP contribution >= 0.6 is 56.7 Å². The van der Waals surface area contributed by atoms with Crippen molar-refractivity contribution < 1.29 is 72.6 Å². The Morgan fingerprint density at radius 1 is 0.842 bits per heavy atom. The van der Waals surface area contributed by atoms with Gasteiger partial charge >= 0.3 is 11.9 Å². The number of fused-ring (bicyclic) bond motifs is 13. The standard InChI is InChI=1S/C61H62N14O15S5/c1-10-30-54-70-36(20-93-54)49(80)66-32-15-40(90-61(7)23-60(6,86)46(75(8)9)27(5)89-61)58(84)87-16-28-12-11-13-31-41(28)24(2)42(64-31)59(85)88-17-33(67-50(81)37-21-94-55(32)71-37)56-68-34(18-92-56)44-29(53-69-38(19-91-53)51(82)74-43(26(4)76)52(83)65-30)14-39(77)45(73-44)57-72-35(22-95-57)48(79)63-25(3)47(62)78/h10-14,18-22,26-27,32-33,40,43,46,64,76-77,86H,3,15-17,23H2,1-2,4-9H3,(H2,62,78)(H,63,79)(H,65,83)(H,66,80)(H,67,81)(H,74,82). The van der Waals surface area contributed by atoms with Crippen molar-refractivity contribution in [2.45, 2.75) is 115 Å². The minimum absolute atomic E-state index is 0.0176. The number of benzene rings is 1. The number of ether oxygens (including phenoxy) is 4. The molecule has 0 aliphatic carbocycles. The fourth-order valence-electron chi connectivity index (χ4n) is 11.6. The zero-order valence-corrected chi connectivity index (χ0v) is 55.9. The maximum atomic E-state index is 15.0. The third-order valence-electron chi connectivity index (χ3n) is 15.7. The summed E-state index contributed by atoms with van der Waals surface area (Å²) in [5, 5.41) is 56.2. The van der Waals surface area contributed by atoms with Crippen molar-refractivity contribution in [1.29, 1.82) is 0 Å². The number of pyridine rings is 1. The van der Waals surface area contributed by atoms with Crippen LogP contribution in [-0.4, -0.2) is 165 Å². The molecule has 1 saturated heterocycles. The van der Waals surface area contributed by atoms with E-state index in [9.17, 15) is 53.7 Å². The Morgan fingerprint density at radius 2 is 1.47 bits per heavy atom. The van der Waals surface area contributed by atoms with E-state index < -0.39 is 126 Å². The number of nitrogens with two attached hydrogens (primary N) is 1. The van der Waals surface area contributed by atoms with E-state index in [1.807, 2.05) is 4.90 Å². The highest BCUT2D eigenvalue weighted by Gasteiger charge is 2.53. The highest BCUT2D eigenvalue weighted by Crippen LogP contribution is 2.43. The summed E-state index contributed by atoms with van der Waals surface area (Å²) in [6.45, 7) is 12.1. The number of aliphatic hydroxyl groups excluding tert-OH is 1. The zero-order chi connectivity index (χ0) is 68.1. The first-order chi connectivity index (χ1) is 45.1. The third-order valence-corrected chi connectivity index (χ3v) is 20.3. The molecule has 0 spiro atoms. The van der Waals surface area contributed by atoms with Crippen molar-refractivity contribution in [3.63, 3.8) is 0 Å². The van der Waals surface area contributed by atoms with Crippen molar-refractivity contribution >= 4 is 121 Å². The molecule has 11 rings (SSSR count). The van der Waals surface area contributed by atoms with Gasteiger partial charge in [-0.2, -0.15) is 0 Å². The van der Waals surface area contributed by atoms with Crippen LogP contribution < -0.4 is 32.3 Å². The summed E-state index contributed by atoms with van der Waals surface area (Å²) in [5.41, 5.74) is 4.27. The van der Waals surface area contributed by atoms with Crippen LogP contribution in [0.1, 0.15) is 138 Å². The van der Waals surface area contributed by atoms with Crippen LogP contribution in [0.15, 0.2) is 69.5 Å². The molecule has 9 atom stereocenters. The van der Waals surface area contributed by atoms with Crippen LogP contribution in [0, 0.1) is 6.92 Å². The number of aliphatic hydroxyl groups is 2. The summed E-state index contributed by atoms with van der Waals surface area (Å²) in [7, 11) is 3.60. The van der Waals surface area contributed by atoms with Crippen molar-refractivity contribution in [1.82, 2.24) is 66.4 Å². The number of allylic oxidation sites excluding steroid dienone is 1. The van der Waals surface area contributed by atoms with Gasteiger partial charge < -0.3 is 76.5 Å². The Kier molecular flexibility index (Phi) is 19.1. The van der Waals surface area contributed by atoms with Gasteiger partial charge in [-0.1, -0.05) is 24.8 Å². The molecule has 11 N–H and O–H groups in total. The normalized spacial score (nSPS) is 23.9. The first kappa shape index (κ1) is 67.3. The fraction of sp³-hybridized carbons (Fsp3) is 0.344. The number of hydrogen-bond acceptors (Lipinski definition) is 27. The number of carbonyl (C=O) groups is 8. The second-order valence-corrected chi connectivity index (χ2v) is 27.5. The molecule has 95 heavy (non-hydrogen) atoms. The zero-order valence-electron chi connectivity index (χ0n) is 51.8. The van der Waals surface area contributed by atoms with Crippen LogP contribution in [0.3, 0.4) is 0 Å². The summed E-state index contributed by atoms with van der Waals surface area (Å²) in [6.07, 6.45) is -2.81. The highest BCUT2D eigenvalue weighted by atomic mass is 32.1. The smallest absolute Gasteiger partial charge is 0.355 e. The molecule has 29 nitrogen and oxygen atoms in total. The molecule has 3 aliphatic rings. The predicted octanol–water partition coefficient (Wildman–Crippen LogP) is 5.40. The topological polar surface area (TPSA) is 417 Å². The molecule has 12 bridgehead atoms. The summed E-state index contributed by atoms with van der Waals surface area (Å²) >= 11 is 4.77. The lowest BCUT2D eigenvalue weighted by Crippen LogP contribution is -2.64. The maximum Gasteiger partial charge on any atom is 0.355 e. The number of aryl methyl sites for hydroxylation is 1. The van der Waals surface area contributed by atoms with Gasteiger partial charge in [-0.25, -0.2) is 39.5 Å². The number of esters is 2. The summed E-state index contributed by atoms with van der Waals surface area (Å²) in [5.74, 6) is -9.11. The number of H-pyrrole nitrogens is 1. The molecule has 9 unspecified atom stereocenters. The van der Waals surface area contributed by atoms with E-state index >= 15 is 0 Å². The monoisotopic (exact) mass is 1390 g/mol. The number of nitrogens with one attached hydrogen (secondary N) is 6. The van der Waals surface area contributed by atoms with E-state index in [2.05, 4.69) is 53.1 Å². The molecule has 34 heteroatoms. The fourth-order valence-corrected chi connectivity index (χ4v) is 15.8. The molecule has 10 heterocycles. The molecular formula is C61H62N14O15S5. The number of nitrogens with zero attached hydrogens (tertiary/aromatic N) is 7. The molecule has 1 aromatic carbocycles. The van der Waals surface area contributed by atoms with Crippen molar-refractivity contribution in [2.75, 3.05) is 20.7 Å². The van der Waals surface area contributed by atoms with Gasteiger partial charge in [0.2, 0.25) is 5.91 Å². The maximum absolute atomic E-state index is 15.0. The number of aromatic nitrogens is 7. The second-order valence-electron chi connectivity index (χ2n) is 23.2. The minimum Gasteiger partial charge on any atom is -0.506 e. The van der Waals surface area contributed by atoms with Crippen LogP contribution in [0.4, 0.5) is 0 Å². The lowest BCUT2D eigenvalue weighted by molar-refractivity contribution is -0.327. The van der Waals surface area contributed by atoms with Crippen LogP contribution in [-0.2, 0) is 39.9 Å². The number of thiazole rings is 5. The summed E-state index contributed by atoms with van der Waals surface area (Å²) in [4.78, 5) is 145. The Labute approximate surface area is 560 Å². The third kappa shape index (κ3) is 14.0. The van der Waals surface area contributed by atoms with E-state index in [4.69, 9.17) is 39.6 Å². The van der Waals surface area contributed by atoms with Gasteiger partial charge in [0.15, 0.2) is 11.9 Å². The predicted molar refractivity (Wildman–Crippen MR) is 349 cm³/mol. The van der Waals surface area contributed by atoms with Gasteiger partial charge in [-0.15, -0.1) is 56.7 Å². The van der Waals surface area contributed by atoms with Crippen molar-refractivity contribution in [3.8, 4) is 38.4 Å². The van der Waals surface area contributed by atoms with E-state index in [0.29, 0.717) is 22.0 Å². The summed E-state index contributed by atoms with van der Waals surface area (Å²) < 4.78 is 25.4. The Bertz CT molecular complexity index is 4450. The molecule has 3 aliphatic heterocycles. The lowest BCUT2D eigenvalue weighted by atomic mass is 9.82. The minimum atomic E-state index is -1.67. The molecular weight excluding hydrogens is 1330 g/mol. The van der Waals surface area contributed by atoms with Gasteiger partial charge in [0.05, 0.1) is 41.3 Å². The number of likely N-dealkylation sites (N-methyl/N-ethyl adjacent to an activating group) is 1. The first-order valence-electron chi connectivity index (χ1n) is 29.2. The van der Waals surface area contributed by atoms with Crippen LogP contribution in [0.25, 0.3) is 49.3 Å². The number of primary amides is 1. The van der Waals surface area contributed by atoms with E-state index in [0.717, 1.165) is 56.7 Å². The lowest BCUT2D eigenvalue weighted by Gasteiger charge is -2.52. The Hall–Kier alpha value is -9.10. The van der Waals surface area contributed by atoms with Gasteiger partial charge in [0.1, 0.15) is 102 Å². The number of cyclic esters (lactones) is 2.